The van der Waals surface area contributed by atoms with Crippen molar-refractivity contribution in [3.63, 3.8) is 0 Å². The van der Waals surface area contributed by atoms with Crippen molar-refractivity contribution >= 4 is 17.8 Å². The van der Waals surface area contributed by atoms with E-state index in [1.54, 1.807) is 11.0 Å². The van der Waals surface area contributed by atoms with E-state index in [-0.39, 0.29) is 19.3 Å². The van der Waals surface area contributed by atoms with Crippen LogP contribution in [0.1, 0.15) is 24.1 Å². The maximum absolute atomic E-state index is 12.8. The number of amides is 4. The number of nitrogens with one attached hydrogen (secondary N) is 1. The van der Waals surface area contributed by atoms with Gasteiger partial charge in [-0.3, -0.25) is 14.5 Å². The van der Waals surface area contributed by atoms with Gasteiger partial charge in [-0.15, -0.1) is 0 Å². The third-order valence-corrected chi connectivity index (χ3v) is 5.54. The van der Waals surface area contributed by atoms with Gasteiger partial charge < -0.3 is 4.90 Å². The summed E-state index contributed by atoms with van der Waals surface area (Å²) in [5.41, 5.74) is 2.71. The van der Waals surface area contributed by atoms with Gasteiger partial charge in [0, 0.05) is 5.56 Å². The van der Waals surface area contributed by atoms with E-state index in [2.05, 4.69) is 10.1 Å². The van der Waals surface area contributed by atoms with Gasteiger partial charge in [-0.2, -0.15) is 5.10 Å². The van der Waals surface area contributed by atoms with Crippen molar-refractivity contribution < 1.29 is 19.3 Å². The normalized spacial score (nSPS) is 16.1. The van der Waals surface area contributed by atoms with Crippen molar-refractivity contribution in [1.29, 1.82) is 0 Å². The summed E-state index contributed by atoms with van der Waals surface area (Å²) in [5.74, 6) is -1.57. The zero-order valence-corrected chi connectivity index (χ0v) is 17.3. The summed E-state index contributed by atoms with van der Waals surface area (Å²) in [5, 5.41) is 4.11. The molecule has 4 rings (SSSR count). The van der Waals surface area contributed by atoms with Gasteiger partial charge in [0.25, 0.3) is 0 Å². The predicted molar refractivity (Wildman–Crippen MR) is 111 cm³/mol. The minimum atomic E-state index is -0.786. The second kappa shape index (κ2) is 8.49. The number of rotatable bonds is 7. The maximum Gasteiger partial charge on any atom is 0.339 e. The van der Waals surface area contributed by atoms with Crippen LogP contribution in [0.5, 0.6) is 0 Å². The van der Waals surface area contributed by atoms with E-state index in [0.29, 0.717) is 0 Å². The molecule has 1 aromatic heterocycles. The van der Waals surface area contributed by atoms with Crippen LogP contribution in [0, 0.1) is 0 Å². The average Bonchev–Trinajstić information content (AvgIpc) is 3.40. The van der Waals surface area contributed by atoms with Gasteiger partial charge in [-0.1, -0.05) is 42.5 Å². The summed E-state index contributed by atoms with van der Waals surface area (Å²) < 4.78 is 1.67. The number of carbonyl (C=O) groups is 3. The number of carbonyl (C=O) groups excluding carboxylic acids is 3. The highest BCUT2D eigenvalue weighted by Crippen LogP contribution is 2.16. The van der Waals surface area contributed by atoms with Gasteiger partial charge in [0.1, 0.15) is 18.7 Å². The van der Waals surface area contributed by atoms with Crippen LogP contribution in [0.3, 0.4) is 0 Å². The zero-order chi connectivity index (χ0) is 22.0. The van der Waals surface area contributed by atoms with E-state index in [1.165, 1.54) is 6.33 Å². The van der Waals surface area contributed by atoms with Gasteiger partial charge in [0.2, 0.25) is 0 Å². The monoisotopic (exact) mass is 419 g/mol. The lowest BCUT2D eigenvalue weighted by Gasteiger charge is -2.25. The molecule has 9 heteroatoms. The fraction of sp³-hybridized carbons (Fsp3) is 0.227. The minimum absolute atomic E-state index is 0.0105. The molecule has 4 amide bonds. The Labute approximate surface area is 179 Å². The Morgan fingerprint density at radius 1 is 0.935 bits per heavy atom. The molecule has 1 unspecified atom stereocenters. The van der Waals surface area contributed by atoms with E-state index in [4.69, 9.17) is 0 Å². The molecule has 1 aliphatic heterocycles. The number of urea groups is 1. The highest BCUT2D eigenvalue weighted by Gasteiger charge is 2.46. The fourth-order valence-electron chi connectivity index (χ4n) is 3.52. The number of aromatic nitrogens is 3. The summed E-state index contributed by atoms with van der Waals surface area (Å²) in [6.45, 7) is 2.19. The Bertz CT molecular complexity index is 1080. The van der Waals surface area contributed by atoms with E-state index in [0.717, 1.165) is 31.5 Å². The molecule has 2 heterocycles. The van der Waals surface area contributed by atoms with Crippen LogP contribution >= 0.6 is 0 Å². The smallest absolute Gasteiger partial charge is 0.314 e. The van der Waals surface area contributed by atoms with Crippen LogP contribution < -0.4 is 4.90 Å². The third-order valence-electron chi connectivity index (χ3n) is 5.54. The lowest BCUT2D eigenvalue weighted by atomic mass is 10.1. The molecule has 0 bridgehead atoms. The highest BCUT2D eigenvalue weighted by atomic mass is 16.2. The maximum atomic E-state index is 12.8. The second-order valence-electron chi connectivity index (χ2n) is 7.55. The average molecular weight is 419 g/mol. The predicted octanol–water partition coefficient (Wildman–Crippen LogP) is 0.791. The van der Waals surface area contributed by atoms with E-state index < -0.39 is 17.8 Å². The third kappa shape index (κ3) is 4.08. The van der Waals surface area contributed by atoms with Crippen LogP contribution in [0.15, 0.2) is 67.3 Å². The van der Waals surface area contributed by atoms with Crippen molar-refractivity contribution in [2.24, 2.45) is 0 Å². The van der Waals surface area contributed by atoms with Crippen LogP contribution in [-0.4, -0.2) is 56.1 Å². The van der Waals surface area contributed by atoms with E-state index in [9.17, 15) is 14.4 Å². The number of nitrogens with zero attached hydrogens (tertiary/aromatic N) is 5. The molecule has 0 radical (unpaired) electrons. The molecule has 9 nitrogen and oxygen atoms in total. The van der Waals surface area contributed by atoms with Gasteiger partial charge in [0.15, 0.2) is 6.67 Å². The summed E-state index contributed by atoms with van der Waals surface area (Å²) in [6, 6.07) is 16.4. The number of quaternary nitrogens is 1. The topological polar surface area (TPSA) is 92.8 Å². The quantitative estimate of drug-likeness (QED) is 0.452. The Morgan fingerprint density at radius 2 is 1.61 bits per heavy atom. The number of imide groups is 2. The summed E-state index contributed by atoms with van der Waals surface area (Å²) in [4.78, 5) is 44.5. The molecule has 2 aromatic carbocycles. The molecular formula is C22H23N6O3+. The fourth-order valence-corrected chi connectivity index (χ4v) is 3.52. The standard InChI is InChI=1S/C22H22N6O3/c1-16(18-8-10-19(11-9-18)28-14-23-13-24-28)25(2)15-27-21(30)20(29)26(22(27)31)12-17-6-4-3-5-7-17/h3-11,13-14,16H,12,15H2,1-2H3/p+1/t16-/m1/s1. The lowest BCUT2D eigenvalue weighted by Crippen LogP contribution is -3.10. The molecule has 31 heavy (non-hydrogen) atoms. The van der Waals surface area contributed by atoms with Crippen molar-refractivity contribution in [3.05, 3.63) is 78.4 Å². The molecule has 1 aliphatic rings. The Balaban J connectivity index is 1.43. The molecule has 1 N–H and O–H groups in total. The number of benzene rings is 2. The van der Waals surface area contributed by atoms with Crippen molar-refractivity contribution in [2.75, 3.05) is 13.7 Å². The van der Waals surface area contributed by atoms with E-state index in [1.807, 2.05) is 68.6 Å². The molecular weight excluding hydrogens is 396 g/mol. The second-order valence-corrected chi connectivity index (χ2v) is 7.55. The van der Waals surface area contributed by atoms with Crippen LogP contribution in [0.4, 0.5) is 4.79 Å². The van der Waals surface area contributed by atoms with E-state index >= 15 is 0 Å². The summed E-state index contributed by atoms with van der Waals surface area (Å²) in [6.07, 6.45) is 3.10. The van der Waals surface area contributed by atoms with Crippen molar-refractivity contribution in [3.8, 4) is 5.69 Å². The Hall–Kier alpha value is -3.85. The van der Waals surface area contributed by atoms with Gasteiger partial charge >= 0.3 is 17.8 Å². The first-order valence-corrected chi connectivity index (χ1v) is 9.94. The first-order valence-electron chi connectivity index (χ1n) is 9.94. The molecule has 158 valence electrons. The van der Waals surface area contributed by atoms with Crippen molar-refractivity contribution in [2.45, 2.75) is 19.5 Å². The van der Waals surface area contributed by atoms with Crippen molar-refractivity contribution in [1.82, 2.24) is 24.6 Å². The number of hydrogen-bond acceptors (Lipinski definition) is 5. The van der Waals surface area contributed by atoms with Crippen LogP contribution in [-0.2, 0) is 16.1 Å². The molecule has 3 aromatic rings. The highest BCUT2D eigenvalue weighted by molar-refractivity contribution is 6.44. The van der Waals surface area contributed by atoms with Crippen LogP contribution in [0.25, 0.3) is 5.69 Å². The SMILES string of the molecule is C[C@H](c1ccc(-n2cncn2)cc1)[NH+](C)CN1C(=O)C(=O)N(Cc2ccccc2)C1=O. The van der Waals surface area contributed by atoms with Gasteiger partial charge in [-0.25, -0.2) is 19.4 Å². The first-order chi connectivity index (χ1) is 15.0. The number of hydrogen-bond donors (Lipinski definition) is 1. The van der Waals surface area contributed by atoms with Gasteiger partial charge in [-0.05, 0) is 24.6 Å². The molecule has 0 aliphatic carbocycles. The summed E-state index contributed by atoms with van der Waals surface area (Å²) >= 11 is 0. The first kappa shape index (κ1) is 20.4. The molecule has 1 saturated heterocycles. The molecule has 2 atom stereocenters. The minimum Gasteiger partial charge on any atom is -0.314 e. The Kier molecular flexibility index (Phi) is 5.59. The largest absolute Gasteiger partial charge is 0.339 e. The molecule has 0 saturated carbocycles. The lowest BCUT2D eigenvalue weighted by molar-refractivity contribution is -0.917. The molecule has 1 fully saturated rings. The summed E-state index contributed by atoms with van der Waals surface area (Å²) in [7, 11) is 1.89. The molecule has 0 spiro atoms. The zero-order valence-electron chi connectivity index (χ0n) is 17.3. The Morgan fingerprint density at radius 3 is 2.26 bits per heavy atom. The van der Waals surface area contributed by atoms with Gasteiger partial charge in [0.05, 0.1) is 19.3 Å². The van der Waals surface area contributed by atoms with Crippen LogP contribution in [0.2, 0.25) is 0 Å².